The zero-order valence-electron chi connectivity index (χ0n) is 13.6. The Hall–Kier alpha value is -2.40. The van der Waals surface area contributed by atoms with Gasteiger partial charge in [-0.3, -0.25) is 9.69 Å². The van der Waals surface area contributed by atoms with Gasteiger partial charge in [-0.2, -0.15) is 0 Å². The first-order valence-electron chi connectivity index (χ1n) is 8.33. The summed E-state index contributed by atoms with van der Waals surface area (Å²) >= 11 is 0. The molecule has 24 heavy (non-hydrogen) atoms. The number of carbonyl (C=O) groups is 2. The number of benzene rings is 2. The van der Waals surface area contributed by atoms with Crippen molar-refractivity contribution in [2.24, 2.45) is 0 Å². The van der Waals surface area contributed by atoms with Crippen LogP contribution in [0.4, 0.5) is 4.79 Å². The van der Waals surface area contributed by atoms with E-state index in [2.05, 4.69) is 5.32 Å². The number of imide groups is 1. The SMILES string of the molecule is C[C@]1(c2cccc3ccccc23)NC(=O)N(C[C@@H]2CCCO2)C1=O. The third-order valence-corrected chi connectivity index (χ3v) is 5.01. The molecular weight excluding hydrogens is 304 g/mol. The van der Waals surface area contributed by atoms with Gasteiger partial charge in [-0.25, -0.2) is 4.79 Å². The number of nitrogens with zero attached hydrogens (tertiary/aromatic N) is 1. The summed E-state index contributed by atoms with van der Waals surface area (Å²) in [6.45, 7) is 2.81. The molecule has 3 amide bonds. The molecule has 1 N–H and O–H groups in total. The molecule has 5 nitrogen and oxygen atoms in total. The first-order valence-corrected chi connectivity index (χ1v) is 8.33. The van der Waals surface area contributed by atoms with Crippen LogP contribution in [0.1, 0.15) is 25.3 Å². The molecule has 0 aromatic heterocycles. The van der Waals surface area contributed by atoms with Crippen molar-refractivity contribution < 1.29 is 14.3 Å². The topological polar surface area (TPSA) is 58.6 Å². The first-order chi connectivity index (χ1) is 11.6. The van der Waals surface area contributed by atoms with E-state index in [4.69, 9.17) is 4.74 Å². The highest BCUT2D eigenvalue weighted by molar-refractivity contribution is 6.09. The average Bonchev–Trinajstić information content (AvgIpc) is 3.18. The van der Waals surface area contributed by atoms with Crippen molar-refractivity contribution in [2.45, 2.75) is 31.4 Å². The number of hydrogen-bond acceptors (Lipinski definition) is 3. The van der Waals surface area contributed by atoms with E-state index in [1.165, 1.54) is 4.90 Å². The standard InChI is InChI=1S/C19H20N2O3/c1-19(16-10-4-7-13-6-2-3-9-15(13)16)17(22)21(18(23)20-19)12-14-8-5-11-24-14/h2-4,6-7,9-10,14H,5,8,11-12H2,1H3,(H,20,23)/t14-,19+/m0/s1. The minimum Gasteiger partial charge on any atom is -0.376 e. The number of amides is 3. The molecule has 0 unspecified atom stereocenters. The predicted molar refractivity (Wildman–Crippen MR) is 90.5 cm³/mol. The summed E-state index contributed by atoms with van der Waals surface area (Å²) in [5.41, 5.74) is -0.218. The number of nitrogens with one attached hydrogen (secondary N) is 1. The number of ether oxygens (including phenoxy) is 1. The molecule has 2 aromatic rings. The Labute approximate surface area is 140 Å². The predicted octanol–water partition coefficient (Wildman–Crippen LogP) is 2.79. The molecule has 2 saturated heterocycles. The number of hydrogen-bond donors (Lipinski definition) is 1. The minimum absolute atomic E-state index is 0.0467. The Morgan fingerprint density at radius 3 is 2.79 bits per heavy atom. The molecule has 2 aromatic carbocycles. The summed E-state index contributed by atoms with van der Waals surface area (Å²) < 4.78 is 5.58. The average molecular weight is 324 g/mol. The van der Waals surface area contributed by atoms with Crippen LogP contribution >= 0.6 is 0 Å². The van der Waals surface area contributed by atoms with Gasteiger partial charge in [-0.15, -0.1) is 0 Å². The van der Waals surface area contributed by atoms with Crippen molar-refractivity contribution in [2.75, 3.05) is 13.2 Å². The molecule has 0 saturated carbocycles. The third-order valence-electron chi connectivity index (χ3n) is 5.01. The Morgan fingerprint density at radius 2 is 2.00 bits per heavy atom. The zero-order valence-corrected chi connectivity index (χ0v) is 13.6. The summed E-state index contributed by atoms with van der Waals surface area (Å²) in [5, 5.41) is 4.93. The molecule has 2 heterocycles. The number of fused-ring (bicyclic) bond motifs is 1. The lowest BCUT2D eigenvalue weighted by molar-refractivity contribution is -0.132. The molecule has 2 fully saturated rings. The van der Waals surface area contributed by atoms with Crippen LogP contribution in [0.25, 0.3) is 10.8 Å². The fourth-order valence-electron chi connectivity index (χ4n) is 3.70. The first kappa shape index (κ1) is 15.1. The third kappa shape index (κ3) is 2.27. The van der Waals surface area contributed by atoms with Crippen molar-refractivity contribution in [1.29, 1.82) is 0 Å². The van der Waals surface area contributed by atoms with Gasteiger partial charge in [0.1, 0.15) is 5.54 Å². The maximum Gasteiger partial charge on any atom is 0.325 e. The molecule has 5 heteroatoms. The fraction of sp³-hybridized carbons (Fsp3) is 0.368. The monoisotopic (exact) mass is 324 g/mol. The second-order valence-corrected chi connectivity index (χ2v) is 6.63. The highest BCUT2D eigenvalue weighted by atomic mass is 16.5. The van der Waals surface area contributed by atoms with Crippen LogP contribution < -0.4 is 5.32 Å². The second kappa shape index (κ2) is 5.60. The highest BCUT2D eigenvalue weighted by Gasteiger charge is 2.50. The number of carbonyl (C=O) groups excluding carboxylic acids is 2. The summed E-state index contributed by atoms with van der Waals surface area (Å²) in [7, 11) is 0. The van der Waals surface area contributed by atoms with E-state index in [0.29, 0.717) is 13.2 Å². The summed E-state index contributed by atoms with van der Waals surface area (Å²) in [5.74, 6) is -0.209. The van der Waals surface area contributed by atoms with Crippen LogP contribution in [-0.2, 0) is 15.1 Å². The van der Waals surface area contributed by atoms with Gasteiger partial charge in [0.05, 0.1) is 12.6 Å². The van der Waals surface area contributed by atoms with Gasteiger partial charge >= 0.3 is 6.03 Å². The van der Waals surface area contributed by atoms with E-state index in [1.807, 2.05) is 42.5 Å². The molecule has 0 spiro atoms. The second-order valence-electron chi connectivity index (χ2n) is 6.63. The van der Waals surface area contributed by atoms with Crippen LogP contribution in [0.2, 0.25) is 0 Å². The Morgan fingerprint density at radius 1 is 1.21 bits per heavy atom. The molecule has 124 valence electrons. The Balaban J connectivity index is 1.71. The van der Waals surface area contributed by atoms with Crippen LogP contribution in [-0.4, -0.2) is 36.1 Å². The van der Waals surface area contributed by atoms with Crippen molar-refractivity contribution in [3.05, 3.63) is 48.0 Å². The number of rotatable bonds is 3. The van der Waals surface area contributed by atoms with Crippen LogP contribution in [0.5, 0.6) is 0 Å². The van der Waals surface area contributed by atoms with E-state index < -0.39 is 5.54 Å². The van der Waals surface area contributed by atoms with Crippen molar-refractivity contribution in [3.8, 4) is 0 Å². The summed E-state index contributed by atoms with van der Waals surface area (Å²) in [6.07, 6.45) is 1.83. The normalized spacial score (nSPS) is 27.0. The summed E-state index contributed by atoms with van der Waals surface area (Å²) in [4.78, 5) is 26.8. The Kier molecular flexibility index (Phi) is 3.53. The van der Waals surface area contributed by atoms with Crippen molar-refractivity contribution >= 4 is 22.7 Å². The maximum atomic E-state index is 13.1. The largest absolute Gasteiger partial charge is 0.376 e. The van der Waals surface area contributed by atoms with Gasteiger partial charge in [0.2, 0.25) is 0 Å². The lowest BCUT2D eigenvalue weighted by Gasteiger charge is -2.24. The molecule has 0 bridgehead atoms. The maximum absolute atomic E-state index is 13.1. The van der Waals surface area contributed by atoms with Gasteiger partial charge < -0.3 is 10.1 Å². The van der Waals surface area contributed by atoms with Crippen LogP contribution in [0, 0.1) is 0 Å². The minimum atomic E-state index is -1.05. The quantitative estimate of drug-likeness (QED) is 0.883. The van der Waals surface area contributed by atoms with E-state index in [9.17, 15) is 9.59 Å². The van der Waals surface area contributed by atoms with Crippen LogP contribution in [0.15, 0.2) is 42.5 Å². The number of urea groups is 1. The lowest BCUT2D eigenvalue weighted by atomic mass is 9.88. The highest BCUT2D eigenvalue weighted by Crippen LogP contribution is 2.34. The van der Waals surface area contributed by atoms with E-state index in [-0.39, 0.29) is 18.0 Å². The van der Waals surface area contributed by atoms with Crippen molar-refractivity contribution in [1.82, 2.24) is 10.2 Å². The lowest BCUT2D eigenvalue weighted by Crippen LogP contribution is -2.42. The molecule has 4 rings (SSSR count). The van der Waals surface area contributed by atoms with E-state index in [1.54, 1.807) is 6.92 Å². The molecule has 0 aliphatic carbocycles. The van der Waals surface area contributed by atoms with Gasteiger partial charge in [-0.05, 0) is 36.1 Å². The fourth-order valence-corrected chi connectivity index (χ4v) is 3.70. The summed E-state index contributed by atoms with van der Waals surface area (Å²) in [6, 6.07) is 13.4. The van der Waals surface area contributed by atoms with Gasteiger partial charge in [0.25, 0.3) is 5.91 Å². The Bertz CT molecular complexity index is 808. The van der Waals surface area contributed by atoms with Gasteiger partial charge in [0.15, 0.2) is 0 Å². The van der Waals surface area contributed by atoms with E-state index in [0.717, 1.165) is 29.2 Å². The molecule has 0 radical (unpaired) electrons. The molecule has 2 atom stereocenters. The molecule has 2 aliphatic heterocycles. The molecular formula is C19H20N2O3. The smallest absolute Gasteiger partial charge is 0.325 e. The van der Waals surface area contributed by atoms with Crippen molar-refractivity contribution in [3.63, 3.8) is 0 Å². The zero-order chi connectivity index (χ0) is 16.7. The van der Waals surface area contributed by atoms with Gasteiger partial charge in [-0.1, -0.05) is 42.5 Å². The molecule has 2 aliphatic rings. The van der Waals surface area contributed by atoms with Crippen LogP contribution in [0.3, 0.4) is 0 Å². The van der Waals surface area contributed by atoms with E-state index >= 15 is 0 Å². The van der Waals surface area contributed by atoms with Gasteiger partial charge in [0, 0.05) is 6.61 Å².